The van der Waals surface area contributed by atoms with E-state index in [0.29, 0.717) is 33.0 Å². The lowest BCUT2D eigenvalue weighted by atomic mass is 9.91. The molecular formula is C26H28ClN3O5S. The van der Waals surface area contributed by atoms with E-state index in [4.69, 9.17) is 25.8 Å². The maximum Gasteiger partial charge on any atom is 0.270 e. The van der Waals surface area contributed by atoms with Gasteiger partial charge in [-0.15, -0.1) is 11.3 Å². The molecule has 10 heteroatoms. The second-order valence-electron chi connectivity index (χ2n) is 8.40. The molecule has 0 radical (unpaired) electrons. The molecule has 2 amide bonds. The van der Waals surface area contributed by atoms with Crippen LogP contribution >= 0.6 is 22.9 Å². The number of rotatable bonds is 10. The molecule has 0 aliphatic heterocycles. The van der Waals surface area contributed by atoms with Crippen LogP contribution in [0.4, 0.5) is 0 Å². The van der Waals surface area contributed by atoms with Gasteiger partial charge in [0.05, 0.1) is 7.11 Å². The van der Waals surface area contributed by atoms with Crippen molar-refractivity contribution in [3.63, 3.8) is 0 Å². The van der Waals surface area contributed by atoms with Gasteiger partial charge in [0.2, 0.25) is 0 Å². The number of benzene rings is 2. The molecule has 1 aromatic heterocycles. The Balaban J connectivity index is 1.17. The smallest absolute Gasteiger partial charge is 0.270 e. The number of aromatic nitrogens is 1. The van der Waals surface area contributed by atoms with E-state index in [2.05, 4.69) is 15.6 Å². The monoisotopic (exact) mass is 529 g/mol. The number of hydrogen-bond acceptors (Lipinski definition) is 7. The highest BCUT2D eigenvalue weighted by Gasteiger charge is 2.24. The van der Waals surface area contributed by atoms with Gasteiger partial charge in [-0.25, -0.2) is 4.98 Å². The number of para-hydroxylation sites is 2. The summed E-state index contributed by atoms with van der Waals surface area (Å²) in [6, 6.07) is 14.4. The molecule has 3 aromatic rings. The number of methoxy groups -OCH3 is 1. The van der Waals surface area contributed by atoms with E-state index in [1.54, 1.807) is 36.8 Å². The summed E-state index contributed by atoms with van der Waals surface area (Å²) in [5, 5.41) is 9.13. The van der Waals surface area contributed by atoms with Crippen LogP contribution in [0.25, 0.3) is 0 Å². The second-order valence-corrected chi connectivity index (χ2v) is 9.78. The van der Waals surface area contributed by atoms with Crippen LogP contribution in [0.1, 0.15) is 41.2 Å². The van der Waals surface area contributed by atoms with Crippen molar-refractivity contribution in [2.75, 3.05) is 13.7 Å². The number of carbonyl (C=O) groups is 2. The van der Waals surface area contributed by atoms with E-state index in [0.717, 1.165) is 25.7 Å². The number of carbonyl (C=O) groups excluding carboxylic acids is 2. The quantitative estimate of drug-likeness (QED) is 0.397. The SMILES string of the molecule is COc1ccccc1OCc1nc(C(=O)NC2CCC(NC(=O)COc3ccc(Cl)cc3)CC2)cs1. The van der Waals surface area contributed by atoms with Gasteiger partial charge in [0, 0.05) is 22.5 Å². The molecule has 36 heavy (non-hydrogen) atoms. The number of amides is 2. The van der Waals surface area contributed by atoms with Crippen LogP contribution in [0.2, 0.25) is 5.02 Å². The summed E-state index contributed by atoms with van der Waals surface area (Å²) in [6.45, 7) is 0.204. The fourth-order valence-corrected chi connectivity index (χ4v) is 4.76. The molecule has 1 heterocycles. The summed E-state index contributed by atoms with van der Waals surface area (Å²) in [5.41, 5.74) is 0.383. The normalized spacial score (nSPS) is 17.2. The average Bonchev–Trinajstić information content (AvgIpc) is 3.38. The second kappa shape index (κ2) is 12.6. The van der Waals surface area contributed by atoms with Crippen molar-refractivity contribution >= 4 is 34.8 Å². The molecule has 0 unspecified atom stereocenters. The zero-order valence-corrected chi connectivity index (χ0v) is 21.4. The fourth-order valence-electron chi connectivity index (χ4n) is 3.95. The van der Waals surface area contributed by atoms with E-state index in [1.807, 2.05) is 24.3 Å². The lowest BCUT2D eigenvalue weighted by Crippen LogP contribution is -2.45. The average molecular weight is 530 g/mol. The minimum atomic E-state index is -0.196. The summed E-state index contributed by atoms with van der Waals surface area (Å²) in [4.78, 5) is 29.3. The van der Waals surface area contributed by atoms with Gasteiger partial charge in [0.1, 0.15) is 23.1 Å². The molecule has 1 aliphatic rings. The Morgan fingerprint density at radius 1 is 0.972 bits per heavy atom. The maximum absolute atomic E-state index is 12.7. The van der Waals surface area contributed by atoms with Gasteiger partial charge in [0.25, 0.3) is 11.8 Å². The maximum atomic E-state index is 12.7. The molecule has 190 valence electrons. The highest BCUT2D eigenvalue weighted by molar-refractivity contribution is 7.09. The summed E-state index contributed by atoms with van der Waals surface area (Å²) in [5.74, 6) is 1.51. The first-order valence-corrected chi connectivity index (χ1v) is 12.9. The number of nitrogens with zero attached hydrogens (tertiary/aromatic N) is 1. The third kappa shape index (κ3) is 7.35. The van der Waals surface area contributed by atoms with E-state index >= 15 is 0 Å². The minimum absolute atomic E-state index is 0.0472. The Morgan fingerprint density at radius 2 is 1.64 bits per heavy atom. The number of ether oxygens (including phenoxy) is 3. The first kappa shape index (κ1) is 25.8. The van der Waals surface area contributed by atoms with Gasteiger partial charge >= 0.3 is 0 Å². The van der Waals surface area contributed by atoms with Gasteiger partial charge < -0.3 is 24.8 Å². The predicted molar refractivity (Wildman–Crippen MR) is 138 cm³/mol. The molecule has 0 bridgehead atoms. The Hall–Kier alpha value is -3.30. The van der Waals surface area contributed by atoms with Crippen LogP contribution in [0.5, 0.6) is 17.2 Å². The van der Waals surface area contributed by atoms with Crippen molar-refractivity contribution in [2.45, 2.75) is 44.4 Å². The molecule has 1 saturated carbocycles. The highest BCUT2D eigenvalue weighted by Crippen LogP contribution is 2.27. The highest BCUT2D eigenvalue weighted by atomic mass is 35.5. The number of thiazole rings is 1. The van der Waals surface area contributed by atoms with E-state index < -0.39 is 0 Å². The van der Waals surface area contributed by atoms with Crippen LogP contribution in [0, 0.1) is 0 Å². The molecule has 0 atom stereocenters. The zero-order valence-electron chi connectivity index (χ0n) is 19.9. The van der Waals surface area contributed by atoms with E-state index in [1.165, 1.54) is 11.3 Å². The Morgan fingerprint density at radius 3 is 2.33 bits per heavy atom. The molecule has 1 fully saturated rings. The van der Waals surface area contributed by atoms with Crippen LogP contribution in [0.15, 0.2) is 53.9 Å². The lowest BCUT2D eigenvalue weighted by molar-refractivity contribution is -0.124. The number of hydrogen-bond donors (Lipinski definition) is 2. The molecular weight excluding hydrogens is 502 g/mol. The van der Waals surface area contributed by atoms with Crippen molar-refractivity contribution in [3.05, 3.63) is 69.6 Å². The molecule has 8 nitrogen and oxygen atoms in total. The van der Waals surface area contributed by atoms with Crippen LogP contribution in [-0.4, -0.2) is 42.6 Å². The topological polar surface area (TPSA) is 98.8 Å². The van der Waals surface area contributed by atoms with Crippen molar-refractivity contribution in [2.24, 2.45) is 0 Å². The van der Waals surface area contributed by atoms with Gasteiger partial charge in [-0.05, 0) is 62.1 Å². The van der Waals surface area contributed by atoms with Crippen LogP contribution < -0.4 is 24.8 Å². The molecule has 4 rings (SSSR count). The van der Waals surface area contributed by atoms with Gasteiger partial charge in [-0.1, -0.05) is 23.7 Å². The predicted octanol–water partition coefficient (Wildman–Crippen LogP) is 4.62. The molecule has 2 aromatic carbocycles. The Bertz CT molecular complexity index is 1160. The largest absolute Gasteiger partial charge is 0.493 e. The Kier molecular flexibility index (Phi) is 9.02. The third-order valence-electron chi connectivity index (χ3n) is 5.82. The molecule has 0 spiro atoms. The molecule has 0 saturated heterocycles. The summed E-state index contributed by atoms with van der Waals surface area (Å²) < 4.78 is 16.6. The fraction of sp³-hybridized carbons (Fsp3) is 0.346. The minimum Gasteiger partial charge on any atom is -0.493 e. The van der Waals surface area contributed by atoms with E-state index in [-0.39, 0.29) is 37.1 Å². The van der Waals surface area contributed by atoms with Gasteiger partial charge in [-0.2, -0.15) is 0 Å². The van der Waals surface area contributed by atoms with Gasteiger partial charge in [-0.3, -0.25) is 9.59 Å². The lowest BCUT2D eigenvalue weighted by Gasteiger charge is -2.29. The summed E-state index contributed by atoms with van der Waals surface area (Å²) >= 11 is 7.23. The van der Waals surface area contributed by atoms with Crippen LogP contribution in [-0.2, 0) is 11.4 Å². The molecule has 1 aliphatic carbocycles. The van der Waals surface area contributed by atoms with Crippen molar-refractivity contribution in [1.29, 1.82) is 0 Å². The standard InChI is InChI=1S/C26H28ClN3O5S/c1-33-22-4-2-3-5-23(22)35-15-25-30-21(16-36-25)26(32)29-19-10-8-18(9-11-19)28-24(31)14-34-20-12-6-17(27)7-13-20/h2-7,12-13,16,18-19H,8-11,14-15H2,1H3,(H,28,31)(H,29,32). The first-order valence-electron chi connectivity index (χ1n) is 11.7. The first-order chi connectivity index (χ1) is 17.5. The van der Waals surface area contributed by atoms with Crippen molar-refractivity contribution in [1.82, 2.24) is 15.6 Å². The molecule has 2 N–H and O–H groups in total. The summed E-state index contributed by atoms with van der Waals surface area (Å²) in [6.07, 6.45) is 3.13. The van der Waals surface area contributed by atoms with Crippen LogP contribution in [0.3, 0.4) is 0 Å². The van der Waals surface area contributed by atoms with Gasteiger partial charge in [0.15, 0.2) is 18.1 Å². The Labute approximate surface area is 218 Å². The van der Waals surface area contributed by atoms with E-state index in [9.17, 15) is 9.59 Å². The number of halogens is 1. The zero-order chi connectivity index (χ0) is 25.3. The third-order valence-corrected chi connectivity index (χ3v) is 6.89. The summed E-state index contributed by atoms with van der Waals surface area (Å²) in [7, 11) is 1.59. The van der Waals surface area contributed by atoms with Crippen molar-refractivity contribution in [3.8, 4) is 17.2 Å². The van der Waals surface area contributed by atoms with Crippen molar-refractivity contribution < 1.29 is 23.8 Å². The number of nitrogens with one attached hydrogen (secondary N) is 2.